The number of alkyl carbamates (subject to hydrolysis) is 1. The molecule has 0 bridgehead atoms. The van der Waals surface area contributed by atoms with Crippen molar-refractivity contribution in [3.63, 3.8) is 0 Å². The summed E-state index contributed by atoms with van der Waals surface area (Å²) >= 11 is 0. The molecule has 132 valence electrons. The minimum Gasteiger partial charge on any atom is -0.444 e. The van der Waals surface area contributed by atoms with Crippen LogP contribution < -0.4 is 11.1 Å². The van der Waals surface area contributed by atoms with E-state index in [9.17, 15) is 4.79 Å². The molecular formula is C20H25N3O2. The van der Waals surface area contributed by atoms with Crippen LogP contribution in [0.3, 0.4) is 0 Å². The standard InChI is InChI=1S/C20H25N3O2/c1-5-8-18(23-19(24)25-20(2,3)4)15-11-14(12-22-13-15)16-9-6-7-10-17(16)21/h5-7,9-13,18H,1,8,21H2,2-4H3,(H,23,24)/t18-/m0/s1. The van der Waals surface area contributed by atoms with Crippen LogP contribution in [0, 0.1) is 0 Å². The van der Waals surface area contributed by atoms with Gasteiger partial charge in [0.2, 0.25) is 0 Å². The summed E-state index contributed by atoms with van der Waals surface area (Å²) in [6.07, 6.45) is 5.34. The molecule has 0 radical (unpaired) electrons. The topological polar surface area (TPSA) is 77.2 Å². The first-order valence-corrected chi connectivity index (χ1v) is 8.20. The average Bonchev–Trinajstić information content (AvgIpc) is 2.53. The number of para-hydroxylation sites is 1. The summed E-state index contributed by atoms with van der Waals surface area (Å²) in [7, 11) is 0. The number of nitrogens with one attached hydrogen (secondary N) is 1. The van der Waals surface area contributed by atoms with Crippen LogP contribution in [-0.2, 0) is 4.74 Å². The van der Waals surface area contributed by atoms with E-state index in [1.807, 2.05) is 51.1 Å². The largest absolute Gasteiger partial charge is 0.444 e. The van der Waals surface area contributed by atoms with Gasteiger partial charge in [0.05, 0.1) is 6.04 Å². The maximum atomic E-state index is 12.1. The summed E-state index contributed by atoms with van der Waals surface area (Å²) in [4.78, 5) is 16.4. The van der Waals surface area contributed by atoms with Crippen molar-refractivity contribution in [1.29, 1.82) is 0 Å². The number of hydrogen-bond acceptors (Lipinski definition) is 4. The highest BCUT2D eigenvalue weighted by Crippen LogP contribution is 2.28. The van der Waals surface area contributed by atoms with Gasteiger partial charge >= 0.3 is 6.09 Å². The number of nitrogen functional groups attached to an aromatic ring is 1. The summed E-state index contributed by atoms with van der Waals surface area (Å²) < 4.78 is 5.35. The molecule has 5 nitrogen and oxygen atoms in total. The lowest BCUT2D eigenvalue weighted by Gasteiger charge is -2.23. The number of benzene rings is 1. The van der Waals surface area contributed by atoms with Crippen LogP contribution in [0.1, 0.15) is 38.8 Å². The van der Waals surface area contributed by atoms with Crippen molar-refractivity contribution >= 4 is 11.8 Å². The van der Waals surface area contributed by atoms with E-state index in [1.54, 1.807) is 18.5 Å². The molecule has 1 aromatic carbocycles. The molecule has 1 atom stereocenters. The van der Waals surface area contributed by atoms with E-state index in [1.165, 1.54) is 0 Å². The number of aromatic nitrogens is 1. The molecular weight excluding hydrogens is 314 g/mol. The van der Waals surface area contributed by atoms with Crippen LogP contribution >= 0.6 is 0 Å². The zero-order valence-electron chi connectivity index (χ0n) is 15.0. The summed E-state index contributed by atoms with van der Waals surface area (Å²) in [5.41, 5.74) is 8.86. The molecule has 25 heavy (non-hydrogen) atoms. The van der Waals surface area contributed by atoms with E-state index in [2.05, 4.69) is 16.9 Å². The first-order valence-electron chi connectivity index (χ1n) is 8.20. The van der Waals surface area contributed by atoms with E-state index in [4.69, 9.17) is 10.5 Å². The quantitative estimate of drug-likeness (QED) is 0.622. The summed E-state index contributed by atoms with van der Waals surface area (Å²) in [6.45, 7) is 9.26. The molecule has 0 unspecified atom stereocenters. The molecule has 1 amide bonds. The van der Waals surface area contributed by atoms with Crippen LogP contribution in [0.5, 0.6) is 0 Å². The Labute approximate surface area is 148 Å². The Morgan fingerprint density at radius 2 is 2.08 bits per heavy atom. The average molecular weight is 339 g/mol. The Morgan fingerprint density at radius 1 is 1.36 bits per heavy atom. The highest BCUT2D eigenvalue weighted by Gasteiger charge is 2.20. The van der Waals surface area contributed by atoms with Crippen LogP contribution in [0.25, 0.3) is 11.1 Å². The number of hydrogen-bond donors (Lipinski definition) is 2. The van der Waals surface area contributed by atoms with Gasteiger partial charge in [0, 0.05) is 29.2 Å². The second-order valence-electron chi connectivity index (χ2n) is 6.82. The number of rotatable bonds is 5. The number of amides is 1. The SMILES string of the molecule is C=CC[C@H](NC(=O)OC(C)(C)C)c1cncc(-c2ccccc2N)c1. The predicted molar refractivity (Wildman–Crippen MR) is 101 cm³/mol. The van der Waals surface area contributed by atoms with Crippen LogP contribution in [-0.4, -0.2) is 16.7 Å². The molecule has 1 heterocycles. The first kappa shape index (κ1) is 18.5. The van der Waals surface area contributed by atoms with Gasteiger partial charge < -0.3 is 15.8 Å². The van der Waals surface area contributed by atoms with E-state index in [-0.39, 0.29) is 6.04 Å². The Kier molecular flexibility index (Phi) is 5.80. The number of carbonyl (C=O) groups excluding carboxylic acids is 1. The summed E-state index contributed by atoms with van der Waals surface area (Å²) in [5, 5.41) is 2.88. The van der Waals surface area contributed by atoms with Gasteiger partial charge in [0.1, 0.15) is 5.60 Å². The van der Waals surface area contributed by atoms with Crippen LogP contribution in [0.4, 0.5) is 10.5 Å². The lowest BCUT2D eigenvalue weighted by Crippen LogP contribution is -2.34. The minimum absolute atomic E-state index is 0.273. The third-order valence-electron chi connectivity index (χ3n) is 3.53. The van der Waals surface area contributed by atoms with Gasteiger partial charge in [0.15, 0.2) is 0 Å². The lowest BCUT2D eigenvalue weighted by molar-refractivity contribution is 0.0504. The van der Waals surface area contributed by atoms with Gasteiger partial charge in [-0.05, 0) is 44.9 Å². The summed E-state index contributed by atoms with van der Waals surface area (Å²) in [5.74, 6) is 0. The zero-order valence-corrected chi connectivity index (χ0v) is 15.0. The molecule has 0 aliphatic heterocycles. The third kappa shape index (κ3) is 5.35. The second kappa shape index (κ2) is 7.83. The van der Waals surface area contributed by atoms with Crippen molar-refractivity contribution in [3.8, 4) is 11.1 Å². The number of nitrogens with zero attached hydrogens (tertiary/aromatic N) is 1. The second-order valence-corrected chi connectivity index (χ2v) is 6.82. The highest BCUT2D eigenvalue weighted by molar-refractivity contribution is 5.76. The number of anilines is 1. The van der Waals surface area contributed by atoms with Crippen molar-refractivity contribution in [2.24, 2.45) is 0 Å². The molecule has 2 rings (SSSR count). The zero-order chi connectivity index (χ0) is 18.4. The molecule has 0 fully saturated rings. The van der Waals surface area contributed by atoms with Gasteiger partial charge in [-0.25, -0.2) is 4.79 Å². The molecule has 0 saturated heterocycles. The van der Waals surface area contributed by atoms with Gasteiger partial charge in [-0.15, -0.1) is 6.58 Å². The fourth-order valence-corrected chi connectivity index (χ4v) is 2.45. The number of nitrogens with two attached hydrogens (primary N) is 1. The first-order chi connectivity index (χ1) is 11.8. The molecule has 0 saturated carbocycles. The monoisotopic (exact) mass is 339 g/mol. The maximum absolute atomic E-state index is 12.1. The molecule has 0 aliphatic carbocycles. The van der Waals surface area contributed by atoms with Crippen LogP contribution in [0.15, 0.2) is 55.4 Å². The minimum atomic E-state index is -0.554. The lowest BCUT2D eigenvalue weighted by atomic mass is 10.00. The molecule has 5 heteroatoms. The molecule has 0 aliphatic rings. The van der Waals surface area contributed by atoms with Crippen molar-refractivity contribution < 1.29 is 9.53 Å². The maximum Gasteiger partial charge on any atom is 0.408 e. The number of carbonyl (C=O) groups is 1. The van der Waals surface area contributed by atoms with Gasteiger partial charge in [-0.1, -0.05) is 24.3 Å². The van der Waals surface area contributed by atoms with Crippen molar-refractivity contribution in [2.45, 2.75) is 38.8 Å². The smallest absolute Gasteiger partial charge is 0.408 e. The Hall–Kier alpha value is -2.82. The number of pyridine rings is 1. The Morgan fingerprint density at radius 3 is 2.72 bits per heavy atom. The van der Waals surface area contributed by atoms with Crippen molar-refractivity contribution in [1.82, 2.24) is 10.3 Å². The third-order valence-corrected chi connectivity index (χ3v) is 3.53. The normalized spacial score (nSPS) is 12.3. The highest BCUT2D eigenvalue weighted by atomic mass is 16.6. The van der Waals surface area contributed by atoms with Gasteiger partial charge in [-0.2, -0.15) is 0 Å². The van der Waals surface area contributed by atoms with Gasteiger partial charge in [0.25, 0.3) is 0 Å². The Balaban J connectivity index is 2.27. The van der Waals surface area contributed by atoms with Gasteiger partial charge in [-0.3, -0.25) is 4.98 Å². The van der Waals surface area contributed by atoms with E-state index in [0.717, 1.165) is 16.7 Å². The molecule has 0 spiro atoms. The van der Waals surface area contributed by atoms with Crippen molar-refractivity contribution in [2.75, 3.05) is 5.73 Å². The molecule has 3 N–H and O–H groups in total. The number of ether oxygens (including phenoxy) is 1. The van der Waals surface area contributed by atoms with E-state index < -0.39 is 11.7 Å². The fourth-order valence-electron chi connectivity index (χ4n) is 2.45. The summed E-state index contributed by atoms with van der Waals surface area (Å²) in [6, 6.07) is 9.32. The van der Waals surface area contributed by atoms with Crippen LogP contribution in [0.2, 0.25) is 0 Å². The van der Waals surface area contributed by atoms with E-state index >= 15 is 0 Å². The molecule has 1 aromatic heterocycles. The van der Waals surface area contributed by atoms with E-state index in [0.29, 0.717) is 12.1 Å². The predicted octanol–water partition coefficient (Wildman–Crippen LogP) is 4.47. The fraction of sp³-hybridized carbons (Fsp3) is 0.300. The molecule has 2 aromatic rings. The van der Waals surface area contributed by atoms with Crippen molar-refractivity contribution in [3.05, 3.63) is 60.9 Å². The Bertz CT molecular complexity index is 751.